The van der Waals surface area contributed by atoms with Crippen molar-refractivity contribution in [2.24, 2.45) is 11.8 Å². The van der Waals surface area contributed by atoms with E-state index in [-0.39, 0.29) is 27.4 Å². The molecule has 0 unspecified atom stereocenters. The van der Waals surface area contributed by atoms with Crippen LogP contribution in [0.15, 0.2) is 36.4 Å². The van der Waals surface area contributed by atoms with E-state index in [9.17, 15) is 19.9 Å². The number of benzene rings is 1. The average molecular weight is 457 g/mol. The van der Waals surface area contributed by atoms with Crippen molar-refractivity contribution in [3.05, 3.63) is 46.5 Å². The number of carbonyl (C=O) groups is 2. The average Bonchev–Trinajstić information content (AvgIpc) is 3.21. The third kappa shape index (κ3) is 4.90. The molecule has 0 bridgehead atoms. The van der Waals surface area contributed by atoms with E-state index in [4.69, 9.17) is 0 Å². The smallest absolute Gasteiger partial charge is 0.348 e. The Morgan fingerprint density at radius 2 is 1.69 bits per heavy atom. The van der Waals surface area contributed by atoms with Gasteiger partial charge >= 0.3 is 5.97 Å². The first-order valence-corrected chi connectivity index (χ1v) is 12.4. The van der Waals surface area contributed by atoms with Crippen molar-refractivity contribution in [3.63, 3.8) is 0 Å². The zero-order chi connectivity index (χ0) is 22.9. The van der Waals surface area contributed by atoms with E-state index >= 15 is 0 Å². The molecule has 1 saturated carbocycles. The third-order valence-corrected chi connectivity index (χ3v) is 8.22. The second-order valence-electron chi connectivity index (χ2n) is 9.64. The van der Waals surface area contributed by atoms with Crippen LogP contribution in [-0.2, 0) is 4.79 Å². The second kappa shape index (κ2) is 9.33. The maximum Gasteiger partial charge on any atom is 0.348 e. The van der Waals surface area contributed by atoms with Crippen LogP contribution in [0, 0.1) is 17.0 Å². The van der Waals surface area contributed by atoms with E-state index in [2.05, 4.69) is 6.92 Å². The number of nitrogens with zero attached hydrogens (tertiary/aromatic N) is 2. The van der Waals surface area contributed by atoms with E-state index in [1.54, 1.807) is 11.9 Å². The molecular weight excluding hydrogens is 424 g/mol. The molecule has 1 aliphatic heterocycles. The number of hydrogen-bond acceptors (Lipinski definition) is 4. The topological polar surface area (TPSA) is 80.7 Å². The number of piperidine rings is 1. The van der Waals surface area contributed by atoms with Crippen LogP contribution in [0.5, 0.6) is 0 Å². The number of carboxylic acid groups (broad SMARTS) is 1. The molecule has 32 heavy (non-hydrogen) atoms. The minimum atomic E-state index is -1.01. The molecule has 1 saturated heterocycles. The van der Waals surface area contributed by atoms with Crippen LogP contribution < -0.4 is 4.90 Å². The lowest BCUT2D eigenvalue weighted by molar-refractivity contribution is -0.865. The number of carboxylic acids is 1. The van der Waals surface area contributed by atoms with Gasteiger partial charge in [0, 0.05) is 29.7 Å². The van der Waals surface area contributed by atoms with Crippen LogP contribution in [0.3, 0.4) is 0 Å². The monoisotopic (exact) mass is 456 g/mol. The first-order valence-electron chi connectivity index (χ1n) is 11.6. The number of amides is 1. The molecule has 2 fully saturated rings. The van der Waals surface area contributed by atoms with Gasteiger partial charge in [0.1, 0.15) is 4.88 Å². The van der Waals surface area contributed by atoms with Crippen LogP contribution in [-0.4, -0.2) is 47.8 Å². The van der Waals surface area contributed by atoms with Gasteiger partial charge in [0.25, 0.3) is 0 Å². The first kappa shape index (κ1) is 23.0. The molecule has 1 amide bonds. The molecule has 4 rings (SSSR count). The molecule has 1 aliphatic carbocycles. The Bertz CT molecular complexity index is 954. The van der Waals surface area contributed by atoms with Crippen LogP contribution >= 0.6 is 11.3 Å². The number of rotatable bonds is 5. The molecule has 1 aromatic carbocycles. The molecule has 7 heteroatoms. The van der Waals surface area contributed by atoms with E-state index in [0.29, 0.717) is 37.5 Å². The van der Waals surface area contributed by atoms with Crippen LogP contribution in [0.25, 0.3) is 10.4 Å². The Hall–Kier alpha value is -2.22. The van der Waals surface area contributed by atoms with Crippen LogP contribution in [0.4, 0.5) is 5.69 Å². The van der Waals surface area contributed by atoms with Gasteiger partial charge in [-0.2, -0.15) is 0 Å². The fourth-order valence-corrected chi connectivity index (χ4v) is 6.01. The quantitative estimate of drug-likeness (QED) is 0.484. The number of hydrogen-bond donors (Lipinski definition) is 1. The summed E-state index contributed by atoms with van der Waals surface area (Å²) in [4.78, 5) is 28.9. The van der Waals surface area contributed by atoms with Gasteiger partial charge in [-0.3, -0.25) is 4.79 Å². The van der Waals surface area contributed by atoms with E-state index < -0.39 is 5.97 Å². The molecule has 1 N–H and O–H groups in total. The summed E-state index contributed by atoms with van der Waals surface area (Å²) < 4.78 is -0.301. The Morgan fingerprint density at radius 1 is 1.06 bits per heavy atom. The molecule has 2 aliphatic rings. The van der Waals surface area contributed by atoms with Crippen LogP contribution in [0.1, 0.15) is 55.1 Å². The lowest BCUT2D eigenvalue weighted by atomic mass is 9.82. The SMILES string of the molecule is CC1CCC(C(=O)N(c2cc(-c3ccccc3)sc2C(=O)O)C2CC[N+](C)([O-])CC2)CC1. The van der Waals surface area contributed by atoms with Gasteiger partial charge in [-0.25, -0.2) is 4.79 Å². The van der Waals surface area contributed by atoms with Gasteiger partial charge in [0.2, 0.25) is 5.91 Å². The minimum absolute atomic E-state index is 0.0313. The largest absolute Gasteiger partial charge is 0.633 e. The number of likely N-dealkylation sites (tertiary alicyclic amines) is 1. The Morgan fingerprint density at radius 3 is 2.28 bits per heavy atom. The molecule has 0 spiro atoms. The second-order valence-corrected chi connectivity index (χ2v) is 10.7. The zero-order valence-corrected chi connectivity index (χ0v) is 19.6. The number of thiophene rings is 1. The highest BCUT2D eigenvalue weighted by Gasteiger charge is 2.38. The van der Waals surface area contributed by atoms with Crippen molar-refractivity contribution in [2.45, 2.75) is 51.5 Å². The van der Waals surface area contributed by atoms with Crippen molar-refractivity contribution in [2.75, 3.05) is 25.0 Å². The number of quaternary nitrogens is 1. The summed E-state index contributed by atoms with van der Waals surface area (Å²) in [7, 11) is 1.67. The van der Waals surface area contributed by atoms with E-state index in [1.165, 1.54) is 11.3 Å². The molecule has 2 heterocycles. The summed E-state index contributed by atoms with van der Waals surface area (Å²) in [5.74, 6) is -0.435. The first-order chi connectivity index (χ1) is 15.2. The number of aromatic carboxylic acids is 1. The number of anilines is 1. The minimum Gasteiger partial charge on any atom is -0.633 e. The summed E-state index contributed by atoms with van der Waals surface area (Å²) in [6, 6.07) is 11.4. The molecule has 172 valence electrons. The lowest BCUT2D eigenvalue weighted by Crippen LogP contribution is -2.53. The Labute approximate surface area is 193 Å². The highest BCUT2D eigenvalue weighted by atomic mass is 32.1. The maximum absolute atomic E-state index is 13.8. The summed E-state index contributed by atoms with van der Waals surface area (Å²) >= 11 is 1.22. The van der Waals surface area contributed by atoms with E-state index in [0.717, 1.165) is 36.1 Å². The molecule has 1 aromatic heterocycles. The number of hydroxylamine groups is 3. The fourth-order valence-electron chi connectivity index (χ4n) is 5.02. The highest BCUT2D eigenvalue weighted by Crippen LogP contribution is 2.41. The summed E-state index contributed by atoms with van der Waals surface area (Å²) in [6.45, 7) is 3.10. The molecular formula is C25H32N2O4S. The van der Waals surface area contributed by atoms with Crippen molar-refractivity contribution in [1.82, 2.24) is 0 Å². The summed E-state index contributed by atoms with van der Waals surface area (Å²) in [5, 5.41) is 22.4. The van der Waals surface area contributed by atoms with Crippen molar-refractivity contribution in [3.8, 4) is 10.4 Å². The van der Waals surface area contributed by atoms with Crippen molar-refractivity contribution < 1.29 is 19.3 Å². The van der Waals surface area contributed by atoms with E-state index in [1.807, 2.05) is 36.4 Å². The standard InChI is InChI=1S/C25H32N2O4S/c1-17-8-10-19(11-9-17)24(28)26(20-12-14-27(2,31)15-13-20)21-16-22(32-23(21)25(29)30)18-6-4-3-5-7-18/h3-7,16-17,19-20H,8-15H2,1-2H3,(H,29,30). The predicted octanol–water partition coefficient (Wildman–Crippen LogP) is 5.38. The van der Waals surface area contributed by atoms with Crippen molar-refractivity contribution >= 4 is 28.9 Å². The Balaban J connectivity index is 1.73. The lowest BCUT2D eigenvalue weighted by Gasteiger charge is -2.47. The molecule has 0 radical (unpaired) electrons. The maximum atomic E-state index is 13.8. The van der Waals surface area contributed by atoms with Gasteiger partial charge in [0.15, 0.2) is 0 Å². The van der Waals surface area contributed by atoms with Gasteiger partial charge in [-0.05, 0) is 43.2 Å². The number of carbonyl (C=O) groups excluding carboxylic acids is 1. The molecule has 2 aromatic rings. The predicted molar refractivity (Wildman–Crippen MR) is 128 cm³/mol. The normalized spacial score (nSPS) is 28.3. The van der Waals surface area contributed by atoms with Crippen LogP contribution in [0.2, 0.25) is 0 Å². The third-order valence-electron chi connectivity index (χ3n) is 7.06. The van der Waals surface area contributed by atoms with Gasteiger partial charge in [-0.15, -0.1) is 11.3 Å². The Kier molecular flexibility index (Phi) is 6.70. The molecule has 6 nitrogen and oxygen atoms in total. The molecule has 0 atom stereocenters. The van der Waals surface area contributed by atoms with Crippen molar-refractivity contribution in [1.29, 1.82) is 0 Å². The summed E-state index contributed by atoms with van der Waals surface area (Å²) in [6.07, 6.45) is 4.91. The van der Waals surface area contributed by atoms with Gasteiger partial charge < -0.3 is 19.9 Å². The van der Waals surface area contributed by atoms with Gasteiger partial charge in [0.05, 0.1) is 25.8 Å². The zero-order valence-electron chi connectivity index (χ0n) is 18.8. The fraction of sp³-hybridized carbons (Fsp3) is 0.520. The summed E-state index contributed by atoms with van der Waals surface area (Å²) in [5.41, 5.74) is 1.44. The highest BCUT2D eigenvalue weighted by molar-refractivity contribution is 7.18. The van der Waals surface area contributed by atoms with Gasteiger partial charge in [-0.1, -0.05) is 37.3 Å².